The molecule has 4 aromatic heterocycles. The minimum Gasteiger partial charge on any atom is -0.395 e. The van der Waals surface area contributed by atoms with E-state index in [-0.39, 0.29) is 42.6 Å². The lowest BCUT2D eigenvalue weighted by Gasteiger charge is -2.32. The molecule has 3 saturated heterocycles. The number of nitrogens with two attached hydrogens (primary N) is 2. The van der Waals surface area contributed by atoms with Gasteiger partial charge in [-0.15, -0.1) is 11.8 Å². The minimum absolute atomic E-state index is 0.00421. The van der Waals surface area contributed by atoms with Crippen LogP contribution < -0.4 is 17.0 Å². The smallest absolute Gasteiger partial charge is 0.324 e. The molecule has 0 saturated carbocycles. The molecule has 0 spiro atoms. The number of H-pyrrole nitrogens is 1. The predicted molar refractivity (Wildman–Crippen MR) is 156 cm³/mol. The summed E-state index contributed by atoms with van der Waals surface area (Å²) >= 11 is 6.41. The van der Waals surface area contributed by atoms with Crippen molar-refractivity contribution in [2.24, 2.45) is 0 Å². The fraction of sp³-hybridized carbons (Fsp3) is 0.545. The summed E-state index contributed by atoms with van der Waals surface area (Å²) in [5.74, 6) is 0.0538. The molecule has 44 heavy (non-hydrogen) atoms. The maximum Gasteiger partial charge on any atom is 0.324 e. The Kier molecular flexibility index (Phi) is 7.41. The van der Waals surface area contributed by atoms with E-state index < -0.39 is 65.8 Å². The van der Waals surface area contributed by atoms with Crippen molar-refractivity contribution in [3.8, 4) is 0 Å². The fourth-order valence-corrected chi connectivity index (χ4v) is 8.72. The molecular weight excluding hydrogens is 643 g/mol. The van der Waals surface area contributed by atoms with Gasteiger partial charge in [-0.05, 0) is 11.8 Å². The van der Waals surface area contributed by atoms with Crippen LogP contribution in [0.5, 0.6) is 0 Å². The summed E-state index contributed by atoms with van der Waals surface area (Å²) in [6, 6.07) is 0. The summed E-state index contributed by atoms with van der Waals surface area (Å²) < 4.78 is 26.6. The first kappa shape index (κ1) is 29.9. The molecule has 3 fully saturated rings. The number of nitrogens with zero attached hydrogens (tertiary/aromatic N) is 7. The molecule has 0 aliphatic carbocycles. The number of hydrogen-bond donors (Lipinski definition) is 7. The number of aliphatic hydroxyl groups excluding tert-OH is 3. The van der Waals surface area contributed by atoms with Crippen LogP contribution in [-0.4, -0.2) is 114 Å². The van der Waals surface area contributed by atoms with E-state index in [4.69, 9.17) is 41.8 Å². The zero-order valence-electron chi connectivity index (χ0n) is 22.5. The Morgan fingerprint density at radius 3 is 2.75 bits per heavy atom. The van der Waals surface area contributed by atoms with Crippen molar-refractivity contribution >= 4 is 64.4 Å². The van der Waals surface area contributed by atoms with Crippen molar-refractivity contribution in [2.45, 2.75) is 53.3 Å². The second-order valence-electron chi connectivity index (χ2n) is 10.5. The van der Waals surface area contributed by atoms with Crippen molar-refractivity contribution in [2.75, 3.05) is 31.3 Å². The van der Waals surface area contributed by atoms with Crippen molar-refractivity contribution < 1.29 is 38.7 Å². The third kappa shape index (κ3) is 4.79. The predicted octanol–water partition coefficient (Wildman–Crippen LogP) is -1.87. The molecule has 1 unspecified atom stereocenters. The van der Waals surface area contributed by atoms with Crippen molar-refractivity contribution in [3.63, 3.8) is 0 Å². The Bertz CT molecular complexity index is 1840. The summed E-state index contributed by atoms with van der Waals surface area (Å²) in [4.78, 5) is 46.3. The molecule has 19 nitrogen and oxygen atoms in total. The molecule has 0 amide bonds. The van der Waals surface area contributed by atoms with Crippen LogP contribution in [0.3, 0.4) is 0 Å². The third-order valence-electron chi connectivity index (χ3n) is 7.92. The molecule has 22 heteroatoms. The lowest BCUT2D eigenvalue weighted by molar-refractivity contribution is -0.177. The quantitative estimate of drug-likeness (QED) is 0.0960. The van der Waals surface area contributed by atoms with E-state index in [0.29, 0.717) is 11.2 Å². The number of fused-ring (bicyclic) bond motifs is 4. The number of aliphatic hydroxyl groups is 3. The normalized spacial score (nSPS) is 33.0. The van der Waals surface area contributed by atoms with Gasteiger partial charge >= 0.3 is 6.72 Å². The van der Waals surface area contributed by atoms with E-state index in [0.717, 1.165) is 11.8 Å². The van der Waals surface area contributed by atoms with Crippen LogP contribution >= 0.6 is 18.5 Å². The van der Waals surface area contributed by atoms with Gasteiger partial charge in [0.25, 0.3) is 5.56 Å². The number of rotatable bonds is 9. The molecule has 9 atom stereocenters. The molecule has 9 N–H and O–H groups in total. The van der Waals surface area contributed by atoms with Crippen LogP contribution in [0.1, 0.15) is 18.0 Å². The topological polar surface area (TPSA) is 277 Å². The molecule has 2 bridgehead atoms. The average Bonchev–Trinajstić information content (AvgIpc) is 3.78. The van der Waals surface area contributed by atoms with E-state index in [9.17, 15) is 25.0 Å². The van der Waals surface area contributed by atoms with Crippen molar-refractivity contribution in [1.82, 2.24) is 39.0 Å². The first-order valence-corrected chi connectivity index (χ1v) is 16.8. The van der Waals surface area contributed by atoms with Crippen LogP contribution in [0.25, 0.3) is 22.3 Å². The van der Waals surface area contributed by atoms with Gasteiger partial charge in [-0.2, -0.15) is 4.98 Å². The van der Waals surface area contributed by atoms with Gasteiger partial charge in [0.05, 0.1) is 43.8 Å². The Balaban J connectivity index is 1.06. The Morgan fingerprint density at radius 1 is 1.18 bits per heavy atom. The zero-order chi connectivity index (χ0) is 31.0. The van der Waals surface area contributed by atoms with Crippen LogP contribution in [0.2, 0.25) is 0 Å². The number of anilines is 2. The molecule has 4 aromatic rings. The number of aromatic nitrogens is 8. The summed E-state index contributed by atoms with van der Waals surface area (Å²) in [5, 5.41) is 30.3. The van der Waals surface area contributed by atoms with Gasteiger partial charge in [-0.1, -0.05) is 0 Å². The number of nitrogens with one attached hydrogen (secondary N) is 1. The first-order chi connectivity index (χ1) is 21.0. The molecule has 3 aliphatic heterocycles. The highest BCUT2D eigenvalue weighted by molar-refractivity contribution is 8.07. The summed E-state index contributed by atoms with van der Waals surface area (Å²) in [5.41, 5.74) is 10.8. The second kappa shape index (κ2) is 10.9. The standard InChI is InChI=1S/C22H27N10O9PS2/c23-15-9-16(26-5-25-15)31(6-27-9)19-13-14(35)22(40-19,4-38-13)1-2-39-42(37,43)41-12-11(34)8(3-33)44-20(12)32-7-28-10-17(32)29-21(24)30-18(10)36/h5-8,11-14,19-20,33-35H,1-4H2,(H,37,43)(H2,23,25,26)(H3,24,29,30,36)/t8-,11-,12-,13-,14+,19-,20-,22+,42?/m1/s1. The van der Waals surface area contributed by atoms with E-state index in [2.05, 4.69) is 29.9 Å². The maximum atomic E-state index is 12.3. The molecule has 7 heterocycles. The maximum absolute atomic E-state index is 12.3. The average molecular weight is 671 g/mol. The lowest BCUT2D eigenvalue weighted by Crippen LogP contribution is -2.41. The van der Waals surface area contributed by atoms with Crippen LogP contribution in [0.15, 0.2) is 23.8 Å². The summed E-state index contributed by atoms with van der Waals surface area (Å²) in [6.45, 7) is -4.58. The molecule has 7 rings (SSSR count). The minimum atomic E-state index is -4.03. The Labute approximate surface area is 255 Å². The van der Waals surface area contributed by atoms with Gasteiger partial charge in [0.15, 0.2) is 28.9 Å². The largest absolute Gasteiger partial charge is 0.395 e. The van der Waals surface area contributed by atoms with Gasteiger partial charge in [0.2, 0.25) is 5.95 Å². The van der Waals surface area contributed by atoms with Gasteiger partial charge in [0.1, 0.15) is 41.1 Å². The van der Waals surface area contributed by atoms with E-state index in [1.807, 2.05) is 0 Å². The molecule has 0 radical (unpaired) electrons. The highest BCUT2D eigenvalue weighted by atomic mass is 32.5. The highest BCUT2D eigenvalue weighted by Gasteiger charge is 2.61. The summed E-state index contributed by atoms with van der Waals surface area (Å²) in [6.07, 6.45) is -0.862. The van der Waals surface area contributed by atoms with Crippen molar-refractivity contribution in [3.05, 3.63) is 29.3 Å². The number of aromatic amines is 1. The SMILES string of the molecule is Nc1nc2c(ncn2[C@@H]2S[C@H](CO)[C@@H](O)[C@H]2OP(O)(=S)OCC[C@@]23CO[C@@H]([C@H](n4cnc5c(N)ncnc54)O2)[C@@H]3O)c(=O)[nH]1. The van der Waals surface area contributed by atoms with E-state index in [1.54, 1.807) is 4.57 Å². The van der Waals surface area contributed by atoms with Gasteiger partial charge in [-0.25, -0.2) is 19.9 Å². The first-order valence-electron chi connectivity index (χ1n) is 13.2. The number of ether oxygens (including phenoxy) is 2. The number of thioether (sulfide) groups is 1. The molecule has 0 aromatic carbocycles. The lowest BCUT2D eigenvalue weighted by atomic mass is 9.96. The molecular formula is C22H27N10O9PS2. The third-order valence-corrected chi connectivity index (χ3v) is 11.1. The van der Waals surface area contributed by atoms with E-state index in [1.165, 1.54) is 23.5 Å². The van der Waals surface area contributed by atoms with Gasteiger partial charge in [0, 0.05) is 6.42 Å². The molecule has 3 aliphatic rings. The Hall–Kier alpha value is -2.82. The Morgan fingerprint density at radius 2 is 1.95 bits per heavy atom. The van der Waals surface area contributed by atoms with Crippen LogP contribution in [0.4, 0.5) is 11.8 Å². The van der Waals surface area contributed by atoms with Gasteiger partial charge in [-0.3, -0.25) is 23.4 Å². The van der Waals surface area contributed by atoms with Crippen LogP contribution in [-0.2, 0) is 30.3 Å². The number of imidazole rings is 2. The monoisotopic (exact) mass is 670 g/mol. The highest BCUT2D eigenvalue weighted by Crippen LogP contribution is 2.54. The second-order valence-corrected chi connectivity index (χ2v) is 14.7. The van der Waals surface area contributed by atoms with E-state index >= 15 is 0 Å². The number of nitrogen functional groups attached to an aromatic ring is 2. The number of hydrogen-bond acceptors (Lipinski definition) is 17. The van der Waals surface area contributed by atoms with Crippen molar-refractivity contribution in [1.29, 1.82) is 0 Å². The van der Waals surface area contributed by atoms with Gasteiger partial charge < -0.3 is 45.7 Å². The zero-order valence-corrected chi connectivity index (χ0v) is 25.0. The fourth-order valence-electron chi connectivity index (χ4n) is 5.77. The molecule has 236 valence electrons. The van der Waals surface area contributed by atoms with Crippen LogP contribution in [0, 0.1) is 0 Å². The summed E-state index contributed by atoms with van der Waals surface area (Å²) in [7, 11) is 0.